The van der Waals surface area contributed by atoms with Gasteiger partial charge in [-0.3, -0.25) is 14.5 Å². The van der Waals surface area contributed by atoms with E-state index in [9.17, 15) is 14.4 Å². The van der Waals surface area contributed by atoms with Gasteiger partial charge in [0.1, 0.15) is 10.8 Å². The maximum absolute atomic E-state index is 13.1. The van der Waals surface area contributed by atoms with Gasteiger partial charge in [-0.2, -0.15) is 0 Å². The number of rotatable bonds is 8. The number of fused-ring (bicyclic) bond motifs is 1. The highest BCUT2D eigenvalue weighted by Gasteiger charge is 2.32. The molecule has 1 aliphatic heterocycles. The van der Waals surface area contributed by atoms with Gasteiger partial charge in [0.15, 0.2) is 0 Å². The highest BCUT2D eigenvalue weighted by Crippen LogP contribution is 2.38. The van der Waals surface area contributed by atoms with Gasteiger partial charge in [-0.15, -0.1) is 11.3 Å². The second-order valence-electron chi connectivity index (χ2n) is 8.91. The molecule has 34 heavy (non-hydrogen) atoms. The van der Waals surface area contributed by atoms with Crippen molar-refractivity contribution in [1.82, 2.24) is 10.2 Å². The number of nitrogens with one attached hydrogen (secondary N) is 2. The molecule has 1 unspecified atom stereocenters. The van der Waals surface area contributed by atoms with Crippen molar-refractivity contribution in [3.05, 3.63) is 40.2 Å². The van der Waals surface area contributed by atoms with Gasteiger partial charge in [-0.25, -0.2) is 4.79 Å². The van der Waals surface area contributed by atoms with E-state index < -0.39 is 0 Å². The minimum atomic E-state index is -0.360. The molecule has 184 valence electrons. The first-order chi connectivity index (χ1) is 16.5. The number of aryl methyl sites for hydroxylation is 1. The van der Waals surface area contributed by atoms with Crippen molar-refractivity contribution in [2.75, 3.05) is 25.0 Å². The molecule has 1 saturated heterocycles. The number of piperidine rings is 1. The van der Waals surface area contributed by atoms with Crippen LogP contribution in [0.15, 0.2) is 22.8 Å². The van der Waals surface area contributed by atoms with Crippen LogP contribution in [0.2, 0.25) is 0 Å². The van der Waals surface area contributed by atoms with Crippen LogP contribution in [0.4, 0.5) is 5.00 Å². The molecule has 2 aromatic heterocycles. The van der Waals surface area contributed by atoms with Gasteiger partial charge in [0.2, 0.25) is 11.8 Å². The molecule has 9 heteroatoms. The van der Waals surface area contributed by atoms with Crippen LogP contribution in [0.1, 0.15) is 66.1 Å². The molecule has 4 rings (SSSR count). The molecular formula is C25H33N3O5S. The Kier molecular flexibility index (Phi) is 8.05. The number of carbonyl (C=O) groups excluding carboxylic acids is 3. The first-order valence-electron chi connectivity index (χ1n) is 12.1. The van der Waals surface area contributed by atoms with Gasteiger partial charge in [0.25, 0.3) is 0 Å². The lowest BCUT2D eigenvalue weighted by molar-refractivity contribution is -0.127. The molecule has 0 bridgehead atoms. The van der Waals surface area contributed by atoms with E-state index in [4.69, 9.17) is 9.15 Å². The van der Waals surface area contributed by atoms with E-state index in [0.717, 1.165) is 37.0 Å². The quantitative estimate of drug-likeness (QED) is 0.550. The third-order valence-corrected chi connectivity index (χ3v) is 7.94. The zero-order valence-corrected chi connectivity index (χ0v) is 20.7. The monoisotopic (exact) mass is 487 g/mol. The number of ether oxygens (including phenoxy) is 1. The molecule has 1 atom stereocenters. The number of furan rings is 1. The Balaban J connectivity index is 1.33. The zero-order valence-electron chi connectivity index (χ0n) is 19.9. The van der Waals surface area contributed by atoms with Crippen LogP contribution in [0.3, 0.4) is 0 Å². The Morgan fingerprint density at radius 3 is 2.71 bits per heavy atom. The van der Waals surface area contributed by atoms with E-state index >= 15 is 0 Å². The number of anilines is 1. The molecule has 0 radical (unpaired) electrons. The van der Waals surface area contributed by atoms with Crippen LogP contribution in [0.5, 0.6) is 0 Å². The van der Waals surface area contributed by atoms with E-state index in [-0.39, 0.29) is 29.7 Å². The fourth-order valence-corrected chi connectivity index (χ4v) is 6.02. The predicted octanol–water partition coefficient (Wildman–Crippen LogP) is 3.75. The number of likely N-dealkylation sites (tertiary alicyclic amines) is 1. The number of esters is 1. The number of hydrogen-bond acceptors (Lipinski definition) is 7. The van der Waals surface area contributed by atoms with Crippen LogP contribution < -0.4 is 10.6 Å². The number of carbonyl (C=O) groups is 3. The summed E-state index contributed by atoms with van der Waals surface area (Å²) in [6.07, 6.45) is 6.92. The Labute approximate surface area is 204 Å². The summed E-state index contributed by atoms with van der Waals surface area (Å²) >= 11 is 1.51. The molecule has 2 aliphatic rings. The summed E-state index contributed by atoms with van der Waals surface area (Å²) in [5.41, 5.74) is 1.58. The number of thiophene rings is 1. The van der Waals surface area contributed by atoms with Gasteiger partial charge < -0.3 is 19.8 Å². The maximum atomic E-state index is 13.1. The average Bonchev–Trinajstić information content (AvgIpc) is 3.49. The second kappa shape index (κ2) is 11.2. The SMILES string of the molecule is CCOC(=O)c1c(NC(=O)C(C)N2CCC(C(=O)NCc3ccco3)CC2)sc2c1CCCC2. The van der Waals surface area contributed by atoms with Crippen LogP contribution >= 0.6 is 11.3 Å². The second-order valence-corrected chi connectivity index (χ2v) is 10.0. The normalized spacial score (nSPS) is 17.6. The minimum absolute atomic E-state index is 0.0244. The summed E-state index contributed by atoms with van der Waals surface area (Å²) in [5.74, 6) is 0.196. The van der Waals surface area contributed by atoms with Gasteiger partial charge in [0.05, 0.1) is 31.0 Å². The lowest BCUT2D eigenvalue weighted by Crippen LogP contribution is -2.48. The van der Waals surface area contributed by atoms with E-state index in [1.165, 1.54) is 16.2 Å². The van der Waals surface area contributed by atoms with E-state index in [1.54, 1.807) is 19.3 Å². The molecular weight excluding hydrogens is 454 g/mol. The molecule has 2 aromatic rings. The summed E-state index contributed by atoms with van der Waals surface area (Å²) in [4.78, 5) is 41.6. The summed E-state index contributed by atoms with van der Waals surface area (Å²) < 4.78 is 10.6. The number of nitrogens with zero attached hydrogens (tertiary/aromatic N) is 1. The molecule has 2 amide bonds. The van der Waals surface area contributed by atoms with Crippen molar-refractivity contribution < 1.29 is 23.5 Å². The maximum Gasteiger partial charge on any atom is 0.341 e. The topological polar surface area (TPSA) is 101 Å². The molecule has 0 aromatic carbocycles. The van der Waals surface area contributed by atoms with Gasteiger partial charge in [-0.1, -0.05) is 0 Å². The molecule has 3 heterocycles. The third kappa shape index (κ3) is 5.52. The van der Waals surface area contributed by atoms with Crippen LogP contribution in [-0.2, 0) is 33.7 Å². The van der Waals surface area contributed by atoms with Crippen molar-refractivity contribution in [3.8, 4) is 0 Å². The summed E-state index contributed by atoms with van der Waals surface area (Å²) in [6.45, 7) is 5.69. The molecule has 0 spiro atoms. The largest absolute Gasteiger partial charge is 0.467 e. The number of amides is 2. The predicted molar refractivity (Wildman–Crippen MR) is 130 cm³/mol. The summed E-state index contributed by atoms with van der Waals surface area (Å²) in [7, 11) is 0. The van der Waals surface area contributed by atoms with Crippen molar-refractivity contribution in [1.29, 1.82) is 0 Å². The van der Waals surface area contributed by atoms with Gasteiger partial charge >= 0.3 is 5.97 Å². The first-order valence-corrected chi connectivity index (χ1v) is 13.0. The highest BCUT2D eigenvalue weighted by atomic mass is 32.1. The fourth-order valence-electron chi connectivity index (χ4n) is 4.74. The minimum Gasteiger partial charge on any atom is -0.467 e. The molecule has 2 N–H and O–H groups in total. The van der Waals surface area contributed by atoms with Crippen LogP contribution in [0, 0.1) is 5.92 Å². The van der Waals surface area contributed by atoms with Crippen molar-refractivity contribution in [2.45, 2.75) is 65.0 Å². The molecule has 1 aliphatic carbocycles. The van der Waals surface area contributed by atoms with Gasteiger partial charge in [0, 0.05) is 10.8 Å². The summed E-state index contributed by atoms with van der Waals surface area (Å²) in [5, 5.41) is 6.56. The van der Waals surface area contributed by atoms with Crippen LogP contribution in [-0.4, -0.2) is 48.4 Å². The Hall–Kier alpha value is -2.65. The third-order valence-electron chi connectivity index (χ3n) is 6.73. The van der Waals surface area contributed by atoms with E-state index in [1.807, 2.05) is 13.0 Å². The Bertz CT molecular complexity index is 1010. The first kappa shape index (κ1) is 24.5. The molecule has 0 saturated carbocycles. The number of hydrogen-bond donors (Lipinski definition) is 2. The van der Waals surface area contributed by atoms with Crippen molar-refractivity contribution >= 4 is 34.1 Å². The smallest absolute Gasteiger partial charge is 0.341 e. The fraction of sp³-hybridized carbons (Fsp3) is 0.560. The lowest BCUT2D eigenvalue weighted by Gasteiger charge is -2.34. The zero-order chi connectivity index (χ0) is 24.1. The van der Waals surface area contributed by atoms with Gasteiger partial charge in [-0.05, 0) is 83.2 Å². The van der Waals surface area contributed by atoms with E-state index in [0.29, 0.717) is 49.6 Å². The summed E-state index contributed by atoms with van der Waals surface area (Å²) in [6, 6.07) is 3.27. The van der Waals surface area contributed by atoms with Crippen molar-refractivity contribution in [3.63, 3.8) is 0 Å². The Morgan fingerprint density at radius 1 is 1.24 bits per heavy atom. The highest BCUT2D eigenvalue weighted by molar-refractivity contribution is 7.17. The van der Waals surface area contributed by atoms with E-state index in [2.05, 4.69) is 15.5 Å². The standard InChI is InChI=1S/C25H33N3O5S/c1-3-32-25(31)21-19-8-4-5-9-20(19)34-24(21)27-22(29)16(2)28-12-10-17(11-13-28)23(30)26-15-18-7-6-14-33-18/h6-7,14,16-17H,3-5,8-13,15H2,1-2H3,(H,26,30)(H,27,29). The average molecular weight is 488 g/mol. The lowest BCUT2D eigenvalue weighted by atomic mass is 9.94. The molecule has 8 nitrogen and oxygen atoms in total. The van der Waals surface area contributed by atoms with Crippen LogP contribution in [0.25, 0.3) is 0 Å². The van der Waals surface area contributed by atoms with Crippen molar-refractivity contribution in [2.24, 2.45) is 5.92 Å². The molecule has 1 fully saturated rings. The Morgan fingerprint density at radius 2 is 2.00 bits per heavy atom.